The Kier molecular flexibility index (Phi) is 7.53. The first kappa shape index (κ1) is 25.8. The third kappa shape index (κ3) is 5.16. The molecular formula is C30H31NO6. The number of methoxy groups -OCH3 is 1. The molecule has 7 heteroatoms. The lowest BCUT2D eigenvalue weighted by Crippen LogP contribution is -2.29. The minimum absolute atomic E-state index is 0.00361. The highest BCUT2D eigenvalue weighted by molar-refractivity contribution is 6.51. The summed E-state index contributed by atoms with van der Waals surface area (Å²) in [6, 6.07) is 18.5. The summed E-state index contributed by atoms with van der Waals surface area (Å²) in [5, 5.41) is 11.4. The van der Waals surface area contributed by atoms with E-state index >= 15 is 0 Å². The summed E-state index contributed by atoms with van der Waals surface area (Å²) in [6.07, 6.45) is -0.00361. The van der Waals surface area contributed by atoms with Crippen LogP contribution in [-0.4, -0.2) is 36.6 Å². The zero-order chi connectivity index (χ0) is 26.7. The second-order valence-electron chi connectivity index (χ2n) is 9.02. The molecule has 0 aliphatic carbocycles. The molecule has 1 amide bonds. The standard InChI is InChI=1S/C30H31NO6/c1-6-36-24-9-7-8-22(17-24)31-27(20-10-13-23(14-11-20)37-18(2)3)26(29(33)30(31)34)28(32)21-12-15-25(35-5)19(4)16-21/h7-18,27,32H,6H2,1-5H3/b28-26+. The van der Waals surface area contributed by atoms with Crippen molar-refractivity contribution in [1.29, 1.82) is 0 Å². The molecule has 1 saturated heterocycles. The lowest BCUT2D eigenvalue weighted by molar-refractivity contribution is -0.132. The Morgan fingerprint density at radius 3 is 2.35 bits per heavy atom. The lowest BCUT2D eigenvalue weighted by atomic mass is 9.94. The molecular weight excluding hydrogens is 470 g/mol. The molecule has 7 nitrogen and oxygen atoms in total. The Labute approximate surface area is 216 Å². The molecule has 0 bridgehead atoms. The molecule has 1 unspecified atom stereocenters. The van der Waals surface area contributed by atoms with Gasteiger partial charge in [-0.2, -0.15) is 0 Å². The number of nitrogens with zero attached hydrogens (tertiary/aromatic N) is 1. The van der Waals surface area contributed by atoms with Gasteiger partial charge in [0.2, 0.25) is 0 Å². The zero-order valence-electron chi connectivity index (χ0n) is 21.6. The topological polar surface area (TPSA) is 85.3 Å². The van der Waals surface area contributed by atoms with Gasteiger partial charge in [-0.1, -0.05) is 18.2 Å². The van der Waals surface area contributed by atoms with E-state index < -0.39 is 17.7 Å². The molecule has 1 heterocycles. The number of carbonyl (C=O) groups excluding carboxylic acids is 2. The number of ketones is 1. The van der Waals surface area contributed by atoms with Crippen LogP contribution in [0.15, 0.2) is 72.3 Å². The molecule has 4 rings (SSSR count). The van der Waals surface area contributed by atoms with Crippen LogP contribution < -0.4 is 19.1 Å². The molecule has 1 N–H and O–H groups in total. The van der Waals surface area contributed by atoms with Crippen LogP contribution in [0.1, 0.15) is 43.5 Å². The zero-order valence-corrected chi connectivity index (χ0v) is 21.6. The predicted octanol–water partition coefficient (Wildman–Crippen LogP) is 5.82. The van der Waals surface area contributed by atoms with Gasteiger partial charge in [0.05, 0.1) is 31.4 Å². The first-order chi connectivity index (χ1) is 17.7. The molecule has 37 heavy (non-hydrogen) atoms. The lowest BCUT2D eigenvalue weighted by Gasteiger charge is -2.26. The number of aryl methyl sites for hydroxylation is 1. The number of aliphatic hydroxyl groups is 1. The Hall–Kier alpha value is -4.26. The number of Topliss-reactive ketones (excluding diaryl/α,β-unsaturated/α-hetero) is 1. The number of ether oxygens (including phenoxy) is 3. The smallest absolute Gasteiger partial charge is 0.300 e. The van der Waals surface area contributed by atoms with Crippen molar-refractivity contribution >= 4 is 23.1 Å². The van der Waals surface area contributed by atoms with Crippen molar-refractivity contribution in [2.75, 3.05) is 18.6 Å². The van der Waals surface area contributed by atoms with Gasteiger partial charge in [-0.25, -0.2) is 0 Å². The van der Waals surface area contributed by atoms with Crippen molar-refractivity contribution in [3.05, 3.63) is 89.0 Å². The number of benzene rings is 3. The highest BCUT2D eigenvalue weighted by Gasteiger charge is 2.47. The minimum Gasteiger partial charge on any atom is -0.507 e. The first-order valence-electron chi connectivity index (χ1n) is 12.2. The Balaban J connectivity index is 1.89. The molecule has 0 radical (unpaired) electrons. The molecule has 0 saturated carbocycles. The number of amides is 1. The number of hydrogen-bond acceptors (Lipinski definition) is 6. The minimum atomic E-state index is -0.854. The molecule has 1 aliphatic heterocycles. The van der Waals surface area contributed by atoms with E-state index in [0.717, 1.165) is 5.56 Å². The summed E-state index contributed by atoms with van der Waals surface area (Å²) >= 11 is 0. The van der Waals surface area contributed by atoms with Crippen LogP contribution in [0.4, 0.5) is 5.69 Å². The molecule has 0 aromatic heterocycles. The fourth-order valence-electron chi connectivity index (χ4n) is 4.49. The average Bonchev–Trinajstić information content (AvgIpc) is 3.14. The maximum Gasteiger partial charge on any atom is 0.300 e. The van der Waals surface area contributed by atoms with Crippen molar-refractivity contribution in [2.24, 2.45) is 0 Å². The van der Waals surface area contributed by atoms with Crippen LogP contribution >= 0.6 is 0 Å². The highest BCUT2D eigenvalue weighted by atomic mass is 16.5. The monoisotopic (exact) mass is 501 g/mol. The summed E-state index contributed by atoms with van der Waals surface area (Å²) < 4.78 is 16.7. The average molecular weight is 502 g/mol. The van der Waals surface area contributed by atoms with E-state index in [2.05, 4.69) is 0 Å². The van der Waals surface area contributed by atoms with Gasteiger partial charge in [0, 0.05) is 17.3 Å². The second kappa shape index (κ2) is 10.8. The van der Waals surface area contributed by atoms with E-state index in [1.165, 1.54) is 4.90 Å². The van der Waals surface area contributed by atoms with Gasteiger partial charge in [-0.3, -0.25) is 14.5 Å². The summed E-state index contributed by atoms with van der Waals surface area (Å²) in [7, 11) is 1.57. The SMILES string of the molecule is CCOc1cccc(N2C(=O)C(=O)/C(=C(/O)c3ccc(OC)c(C)c3)C2c2ccc(OC(C)C)cc2)c1. The quantitative estimate of drug-likeness (QED) is 0.238. The van der Waals surface area contributed by atoms with Crippen molar-refractivity contribution < 1.29 is 28.9 Å². The van der Waals surface area contributed by atoms with Gasteiger partial charge in [0.1, 0.15) is 23.0 Å². The van der Waals surface area contributed by atoms with Crippen LogP contribution in [0.3, 0.4) is 0 Å². The number of hydrogen-bond donors (Lipinski definition) is 1. The van der Waals surface area contributed by atoms with Crippen LogP contribution in [0, 0.1) is 6.92 Å². The van der Waals surface area contributed by atoms with Gasteiger partial charge >= 0.3 is 0 Å². The van der Waals surface area contributed by atoms with E-state index in [4.69, 9.17) is 14.2 Å². The van der Waals surface area contributed by atoms with Gasteiger partial charge in [-0.05, 0) is 81.3 Å². The summed E-state index contributed by atoms with van der Waals surface area (Å²) in [4.78, 5) is 28.3. The van der Waals surface area contributed by atoms with E-state index in [-0.39, 0.29) is 17.4 Å². The number of anilines is 1. The van der Waals surface area contributed by atoms with Crippen molar-refractivity contribution in [3.63, 3.8) is 0 Å². The predicted molar refractivity (Wildman–Crippen MR) is 142 cm³/mol. The Morgan fingerprint density at radius 2 is 1.73 bits per heavy atom. The van der Waals surface area contributed by atoms with Gasteiger partial charge in [0.15, 0.2) is 0 Å². The Morgan fingerprint density at radius 1 is 1.00 bits per heavy atom. The van der Waals surface area contributed by atoms with E-state index in [0.29, 0.717) is 40.7 Å². The van der Waals surface area contributed by atoms with Crippen molar-refractivity contribution in [3.8, 4) is 17.2 Å². The second-order valence-corrected chi connectivity index (χ2v) is 9.02. The third-order valence-electron chi connectivity index (χ3n) is 6.09. The number of carbonyl (C=O) groups is 2. The summed E-state index contributed by atoms with van der Waals surface area (Å²) in [5.74, 6) is 0.155. The fraction of sp³-hybridized carbons (Fsp3) is 0.267. The first-order valence-corrected chi connectivity index (χ1v) is 12.2. The Bertz CT molecular complexity index is 1340. The molecule has 192 valence electrons. The molecule has 3 aromatic rings. The van der Waals surface area contributed by atoms with Gasteiger partial charge in [-0.15, -0.1) is 0 Å². The maximum absolute atomic E-state index is 13.4. The molecule has 1 atom stereocenters. The van der Waals surface area contributed by atoms with Gasteiger partial charge < -0.3 is 19.3 Å². The van der Waals surface area contributed by atoms with E-state index in [1.807, 2.05) is 27.7 Å². The van der Waals surface area contributed by atoms with Crippen molar-refractivity contribution in [1.82, 2.24) is 0 Å². The van der Waals surface area contributed by atoms with Crippen molar-refractivity contribution in [2.45, 2.75) is 39.8 Å². The molecule has 1 fully saturated rings. The number of rotatable bonds is 8. The van der Waals surface area contributed by atoms with E-state index in [1.54, 1.807) is 73.8 Å². The fourth-order valence-corrected chi connectivity index (χ4v) is 4.49. The van der Waals surface area contributed by atoms with Crippen LogP contribution in [-0.2, 0) is 9.59 Å². The third-order valence-corrected chi connectivity index (χ3v) is 6.09. The van der Waals surface area contributed by atoms with Crippen LogP contribution in [0.25, 0.3) is 5.76 Å². The highest BCUT2D eigenvalue weighted by Crippen LogP contribution is 2.43. The van der Waals surface area contributed by atoms with E-state index in [9.17, 15) is 14.7 Å². The summed E-state index contributed by atoms with van der Waals surface area (Å²) in [5.41, 5.74) is 2.37. The van der Waals surface area contributed by atoms with Crippen LogP contribution in [0.5, 0.6) is 17.2 Å². The normalized spacial score (nSPS) is 16.8. The molecule has 3 aromatic carbocycles. The molecule has 0 spiro atoms. The van der Waals surface area contributed by atoms with Gasteiger partial charge in [0.25, 0.3) is 11.7 Å². The molecule has 1 aliphatic rings. The van der Waals surface area contributed by atoms with Crippen LogP contribution in [0.2, 0.25) is 0 Å². The summed E-state index contributed by atoms with van der Waals surface area (Å²) in [6.45, 7) is 8.05. The number of aliphatic hydroxyl groups excluding tert-OH is 1. The maximum atomic E-state index is 13.4. The largest absolute Gasteiger partial charge is 0.507 e.